The van der Waals surface area contributed by atoms with E-state index in [4.69, 9.17) is 13.9 Å². The van der Waals surface area contributed by atoms with E-state index in [1.165, 1.54) is 0 Å². The normalized spacial score (nSPS) is 15.4. The molecule has 1 aromatic heterocycles. The fraction of sp³-hybridized carbons (Fsp3) is 0.348. The Bertz CT molecular complexity index is 876. The number of benzene rings is 2. The molecule has 0 unspecified atom stereocenters. The SMILES string of the molecule is O[C@@H](COCc1ccccc1)c1nc(Cc2ccccc2)c(N2CCOCC2)o1. The zero-order chi connectivity index (χ0) is 19.9. The Morgan fingerprint density at radius 3 is 2.31 bits per heavy atom. The van der Waals surface area contributed by atoms with E-state index < -0.39 is 6.10 Å². The number of hydrogen-bond acceptors (Lipinski definition) is 6. The van der Waals surface area contributed by atoms with Gasteiger partial charge in [0, 0.05) is 19.5 Å². The van der Waals surface area contributed by atoms with Gasteiger partial charge in [-0.15, -0.1) is 0 Å². The van der Waals surface area contributed by atoms with Gasteiger partial charge in [0.2, 0.25) is 11.8 Å². The van der Waals surface area contributed by atoms with Crippen molar-refractivity contribution in [3.63, 3.8) is 0 Å². The Morgan fingerprint density at radius 1 is 0.966 bits per heavy atom. The molecule has 0 spiro atoms. The first kappa shape index (κ1) is 19.6. The summed E-state index contributed by atoms with van der Waals surface area (Å²) in [6, 6.07) is 20.0. The van der Waals surface area contributed by atoms with Crippen LogP contribution in [0.25, 0.3) is 0 Å². The first-order chi connectivity index (χ1) is 14.3. The second kappa shape index (κ2) is 9.69. The molecule has 0 bridgehead atoms. The smallest absolute Gasteiger partial charge is 0.228 e. The number of nitrogens with zero attached hydrogens (tertiary/aromatic N) is 2. The Morgan fingerprint density at radius 2 is 1.62 bits per heavy atom. The van der Waals surface area contributed by atoms with Gasteiger partial charge in [-0.3, -0.25) is 0 Å². The molecule has 1 saturated heterocycles. The molecule has 0 saturated carbocycles. The predicted octanol–water partition coefficient (Wildman–Crippen LogP) is 3.35. The van der Waals surface area contributed by atoms with E-state index in [0.717, 1.165) is 29.9 Å². The highest BCUT2D eigenvalue weighted by atomic mass is 16.5. The summed E-state index contributed by atoms with van der Waals surface area (Å²) in [5.74, 6) is 1.01. The van der Waals surface area contributed by atoms with Crippen LogP contribution in [0.3, 0.4) is 0 Å². The summed E-state index contributed by atoms with van der Waals surface area (Å²) in [6.45, 7) is 3.37. The fourth-order valence-corrected chi connectivity index (χ4v) is 3.36. The third kappa shape index (κ3) is 5.23. The molecule has 2 heterocycles. The standard InChI is InChI=1S/C23H26N2O4/c26-21(17-28-16-19-9-5-2-6-10-19)22-24-20(15-18-7-3-1-4-8-18)23(29-22)25-11-13-27-14-12-25/h1-10,21,26H,11-17H2/t21-/m0/s1. The highest BCUT2D eigenvalue weighted by Crippen LogP contribution is 2.28. The van der Waals surface area contributed by atoms with Crippen molar-refractivity contribution in [3.8, 4) is 0 Å². The zero-order valence-electron chi connectivity index (χ0n) is 16.4. The zero-order valence-corrected chi connectivity index (χ0v) is 16.4. The van der Waals surface area contributed by atoms with E-state index in [2.05, 4.69) is 22.0 Å². The Labute approximate surface area is 170 Å². The highest BCUT2D eigenvalue weighted by molar-refractivity contribution is 5.44. The van der Waals surface area contributed by atoms with Gasteiger partial charge in [0.05, 0.1) is 26.4 Å². The summed E-state index contributed by atoms with van der Waals surface area (Å²) >= 11 is 0. The average Bonchev–Trinajstić information content (AvgIpc) is 3.20. The van der Waals surface area contributed by atoms with Crippen LogP contribution >= 0.6 is 0 Å². The summed E-state index contributed by atoms with van der Waals surface area (Å²) < 4.78 is 17.1. The number of aliphatic hydroxyl groups excluding tert-OH is 1. The van der Waals surface area contributed by atoms with Crippen LogP contribution in [0, 0.1) is 0 Å². The van der Waals surface area contributed by atoms with E-state index in [9.17, 15) is 5.11 Å². The molecular formula is C23H26N2O4. The maximum absolute atomic E-state index is 10.6. The van der Waals surface area contributed by atoms with Gasteiger partial charge in [-0.2, -0.15) is 0 Å². The van der Waals surface area contributed by atoms with Gasteiger partial charge in [0.25, 0.3) is 0 Å². The van der Waals surface area contributed by atoms with Gasteiger partial charge < -0.3 is 23.9 Å². The van der Waals surface area contributed by atoms with Gasteiger partial charge in [-0.1, -0.05) is 60.7 Å². The van der Waals surface area contributed by atoms with Gasteiger partial charge in [-0.25, -0.2) is 4.98 Å². The molecular weight excluding hydrogens is 368 g/mol. The van der Waals surface area contributed by atoms with Crippen molar-refractivity contribution >= 4 is 5.88 Å². The molecule has 152 valence electrons. The van der Waals surface area contributed by atoms with Gasteiger partial charge in [0.1, 0.15) is 5.69 Å². The molecule has 1 aliphatic rings. The minimum atomic E-state index is -0.914. The molecule has 4 rings (SSSR count). The van der Waals surface area contributed by atoms with E-state index >= 15 is 0 Å². The van der Waals surface area contributed by atoms with Crippen molar-refractivity contribution in [1.82, 2.24) is 4.98 Å². The lowest BCUT2D eigenvalue weighted by Crippen LogP contribution is -2.36. The van der Waals surface area contributed by atoms with E-state index in [1.807, 2.05) is 48.5 Å². The highest BCUT2D eigenvalue weighted by Gasteiger charge is 2.25. The van der Waals surface area contributed by atoms with Crippen molar-refractivity contribution < 1.29 is 19.0 Å². The molecule has 29 heavy (non-hydrogen) atoms. The third-order valence-corrected chi connectivity index (χ3v) is 4.88. The van der Waals surface area contributed by atoms with Crippen LogP contribution in [0.2, 0.25) is 0 Å². The fourth-order valence-electron chi connectivity index (χ4n) is 3.36. The van der Waals surface area contributed by atoms with Gasteiger partial charge in [-0.05, 0) is 11.1 Å². The summed E-state index contributed by atoms with van der Waals surface area (Å²) in [4.78, 5) is 6.76. The van der Waals surface area contributed by atoms with E-state index in [-0.39, 0.29) is 6.61 Å². The quantitative estimate of drug-likeness (QED) is 0.632. The number of aromatic nitrogens is 1. The number of rotatable bonds is 8. The van der Waals surface area contributed by atoms with Crippen LogP contribution in [-0.4, -0.2) is 43.0 Å². The summed E-state index contributed by atoms with van der Waals surface area (Å²) in [6.07, 6.45) is -0.266. The van der Waals surface area contributed by atoms with Crippen molar-refractivity contribution in [2.75, 3.05) is 37.8 Å². The number of aliphatic hydroxyl groups is 1. The monoisotopic (exact) mass is 394 g/mol. The van der Waals surface area contributed by atoms with Crippen molar-refractivity contribution in [3.05, 3.63) is 83.4 Å². The number of anilines is 1. The topological polar surface area (TPSA) is 68.0 Å². The number of ether oxygens (including phenoxy) is 2. The molecule has 1 aliphatic heterocycles. The Kier molecular flexibility index (Phi) is 6.56. The summed E-state index contributed by atoms with van der Waals surface area (Å²) in [7, 11) is 0. The molecule has 1 N–H and O–H groups in total. The first-order valence-electron chi connectivity index (χ1n) is 9.95. The van der Waals surface area contributed by atoms with Crippen molar-refractivity contribution in [2.24, 2.45) is 0 Å². The minimum Gasteiger partial charge on any atom is -0.422 e. The second-order valence-electron chi connectivity index (χ2n) is 7.08. The number of hydrogen-bond donors (Lipinski definition) is 1. The van der Waals surface area contributed by atoms with Crippen LogP contribution in [0.1, 0.15) is 28.8 Å². The van der Waals surface area contributed by atoms with Crippen molar-refractivity contribution in [1.29, 1.82) is 0 Å². The second-order valence-corrected chi connectivity index (χ2v) is 7.08. The molecule has 1 atom stereocenters. The van der Waals surface area contributed by atoms with Crippen LogP contribution in [0.5, 0.6) is 0 Å². The number of oxazole rings is 1. The van der Waals surface area contributed by atoms with Crippen LogP contribution in [-0.2, 0) is 22.5 Å². The van der Waals surface area contributed by atoms with Gasteiger partial charge >= 0.3 is 0 Å². The van der Waals surface area contributed by atoms with Crippen LogP contribution in [0.4, 0.5) is 5.88 Å². The Balaban J connectivity index is 1.47. The maximum atomic E-state index is 10.6. The molecule has 0 amide bonds. The number of morpholine rings is 1. The van der Waals surface area contributed by atoms with Crippen molar-refractivity contribution in [2.45, 2.75) is 19.1 Å². The third-order valence-electron chi connectivity index (χ3n) is 4.88. The average molecular weight is 394 g/mol. The molecule has 6 heteroatoms. The van der Waals surface area contributed by atoms with Crippen LogP contribution < -0.4 is 4.90 Å². The summed E-state index contributed by atoms with van der Waals surface area (Å²) in [5.41, 5.74) is 3.04. The molecule has 2 aromatic carbocycles. The van der Waals surface area contributed by atoms with E-state index in [1.54, 1.807) is 0 Å². The molecule has 3 aromatic rings. The lowest BCUT2D eigenvalue weighted by Gasteiger charge is -2.26. The molecule has 1 fully saturated rings. The lowest BCUT2D eigenvalue weighted by molar-refractivity contribution is 0.0147. The molecule has 0 aliphatic carbocycles. The van der Waals surface area contributed by atoms with Crippen LogP contribution in [0.15, 0.2) is 65.1 Å². The van der Waals surface area contributed by atoms with Gasteiger partial charge in [0.15, 0.2) is 6.10 Å². The molecule has 6 nitrogen and oxygen atoms in total. The predicted molar refractivity (Wildman–Crippen MR) is 110 cm³/mol. The lowest BCUT2D eigenvalue weighted by atomic mass is 10.1. The largest absolute Gasteiger partial charge is 0.422 e. The first-order valence-corrected chi connectivity index (χ1v) is 9.95. The summed E-state index contributed by atoms with van der Waals surface area (Å²) in [5, 5.41) is 10.6. The Hall–Kier alpha value is -2.67. The molecule has 0 radical (unpaired) electrons. The minimum absolute atomic E-state index is 0.128. The van der Waals surface area contributed by atoms with E-state index in [0.29, 0.717) is 38.0 Å². The maximum Gasteiger partial charge on any atom is 0.228 e.